The third-order valence-corrected chi connectivity index (χ3v) is 10.7. The number of hydrogen-bond donors (Lipinski definition) is 0. The molecule has 1 aliphatic heterocycles. The predicted octanol–water partition coefficient (Wildman–Crippen LogP) is 13.2. The van der Waals surface area contributed by atoms with E-state index >= 15 is 0 Å². The molecule has 6 aromatic rings. The van der Waals surface area contributed by atoms with Gasteiger partial charge in [0.15, 0.2) is 0 Å². The fraction of sp³-hybridized carbons (Fsp3) is 0.255. The van der Waals surface area contributed by atoms with Gasteiger partial charge in [-0.15, -0.1) is 0 Å². The van der Waals surface area contributed by atoms with Crippen LogP contribution in [-0.2, 0) is 6.54 Å². The van der Waals surface area contributed by atoms with Crippen molar-refractivity contribution in [2.24, 2.45) is 0 Å². The van der Waals surface area contributed by atoms with E-state index in [1.807, 2.05) is 12.1 Å². The lowest BCUT2D eigenvalue weighted by Crippen LogP contribution is -2.16. The first-order chi connectivity index (χ1) is 27.6. The molecule has 2 aliphatic rings. The Hall–Kier alpha value is -5.51. The maximum absolute atomic E-state index is 13.1. The second-order valence-electron chi connectivity index (χ2n) is 14.5. The van der Waals surface area contributed by atoms with E-state index in [9.17, 15) is 26.0 Å². The Morgan fingerprint density at radius 1 is 0.754 bits per heavy atom. The summed E-state index contributed by atoms with van der Waals surface area (Å²) in [7, 11) is -6.00. The molecule has 0 saturated heterocycles. The number of nitrogens with zero attached hydrogens (tertiary/aromatic N) is 2. The number of aromatic nitrogens is 1. The predicted molar refractivity (Wildman–Crippen MR) is 223 cm³/mol. The van der Waals surface area contributed by atoms with Crippen molar-refractivity contribution in [2.75, 3.05) is 6.54 Å². The van der Waals surface area contributed by atoms with Crippen LogP contribution < -0.4 is 10.1 Å². The summed E-state index contributed by atoms with van der Waals surface area (Å²) in [5, 5.41) is 7.67. The summed E-state index contributed by atoms with van der Waals surface area (Å²) in [4.78, 5) is 0. The molecule has 294 valence electrons. The number of hydrogen-bond acceptors (Lipinski definition) is 1. The molecule has 0 saturated carbocycles. The second kappa shape index (κ2) is 17.3. The van der Waals surface area contributed by atoms with Gasteiger partial charge in [-0.25, -0.2) is 0 Å². The Kier molecular flexibility index (Phi) is 12.1. The molecule has 0 atom stereocenters. The van der Waals surface area contributed by atoms with E-state index in [1.54, 1.807) is 12.1 Å². The SMILES string of the molecule is CCCCn1c(=C/C=C2\CCCC(/C=C/C3=[N+](CCCC)c4cccc5cccc3c45)=C2c2ccc(OC(F)F)cc2)c2cccc3cccc1c32.F[B-](F)(F)F. The number of aryl methyl sites for hydroxylation is 1. The molecule has 0 N–H and O–H groups in total. The van der Waals surface area contributed by atoms with Gasteiger partial charge in [-0.2, -0.15) is 13.4 Å². The van der Waals surface area contributed by atoms with E-state index in [2.05, 4.69) is 120 Å². The molecule has 0 amide bonds. The number of allylic oxidation sites excluding steroid dienone is 6. The maximum atomic E-state index is 13.1. The highest BCUT2D eigenvalue weighted by atomic mass is 19.5. The first-order valence-electron chi connectivity index (χ1n) is 19.8. The minimum atomic E-state index is -6.00. The van der Waals surface area contributed by atoms with Crippen molar-refractivity contribution in [1.82, 2.24) is 4.57 Å². The highest BCUT2D eigenvalue weighted by molar-refractivity contribution is 6.50. The standard InChI is InChI=1S/C47H45F2N2O.BF4/c1-3-5-30-50-40(38-18-8-14-32-16-10-20-42(50)45(32)38)28-24-34-12-7-13-35(44(34)36-22-26-37(27-23-36)52-47(48)49)25-29-41-39-19-9-15-33-17-11-21-43(46(33)39)51(41)31-6-4-2;2-1(3,4)5/h8-11,14-29,47H,3-7,12-13,30-31H2,1-2H3;/q+1;-1. The van der Waals surface area contributed by atoms with E-state index in [4.69, 9.17) is 4.74 Å². The van der Waals surface area contributed by atoms with E-state index in [-0.39, 0.29) is 5.75 Å². The van der Waals surface area contributed by atoms with Gasteiger partial charge < -0.3 is 26.6 Å². The quantitative estimate of drug-likeness (QED) is 0.0687. The summed E-state index contributed by atoms with van der Waals surface area (Å²) in [6.07, 6.45) is 16.6. The molecule has 5 aromatic carbocycles. The zero-order valence-electron chi connectivity index (χ0n) is 32.1. The van der Waals surface area contributed by atoms with Crippen LogP contribution >= 0.6 is 0 Å². The molecular weight excluding hydrogens is 733 g/mol. The molecular formula is C47H45BF6N2O. The monoisotopic (exact) mass is 778 g/mol. The lowest BCUT2D eigenvalue weighted by Gasteiger charge is -2.22. The minimum Gasteiger partial charge on any atom is -0.435 e. The topological polar surface area (TPSA) is 17.2 Å². The van der Waals surface area contributed by atoms with E-state index in [1.165, 1.54) is 71.5 Å². The molecule has 2 heterocycles. The van der Waals surface area contributed by atoms with Crippen molar-refractivity contribution in [3.05, 3.63) is 143 Å². The van der Waals surface area contributed by atoms with Crippen LogP contribution in [0.5, 0.6) is 5.75 Å². The highest BCUT2D eigenvalue weighted by Gasteiger charge is 2.30. The molecule has 0 spiro atoms. The zero-order chi connectivity index (χ0) is 40.1. The molecule has 1 aliphatic carbocycles. The van der Waals surface area contributed by atoms with Gasteiger partial charge >= 0.3 is 13.9 Å². The van der Waals surface area contributed by atoms with Crippen LogP contribution in [0.1, 0.15) is 69.9 Å². The van der Waals surface area contributed by atoms with Gasteiger partial charge in [0.2, 0.25) is 11.4 Å². The van der Waals surface area contributed by atoms with Gasteiger partial charge in [-0.1, -0.05) is 106 Å². The largest absolute Gasteiger partial charge is 0.673 e. The Morgan fingerprint density at radius 2 is 1.42 bits per heavy atom. The maximum Gasteiger partial charge on any atom is 0.673 e. The van der Waals surface area contributed by atoms with Gasteiger partial charge in [-0.3, -0.25) is 0 Å². The van der Waals surface area contributed by atoms with Crippen molar-refractivity contribution in [3.8, 4) is 5.75 Å². The normalized spacial score (nSPS) is 15.7. The zero-order valence-corrected chi connectivity index (χ0v) is 32.1. The number of rotatable bonds is 12. The van der Waals surface area contributed by atoms with Crippen LogP contribution in [0.2, 0.25) is 0 Å². The smallest absolute Gasteiger partial charge is 0.435 e. The summed E-state index contributed by atoms with van der Waals surface area (Å²) >= 11 is 0. The van der Waals surface area contributed by atoms with Gasteiger partial charge in [0.25, 0.3) is 0 Å². The number of halogens is 6. The highest BCUT2D eigenvalue weighted by Crippen LogP contribution is 2.40. The van der Waals surface area contributed by atoms with Crippen LogP contribution in [0.15, 0.2) is 126 Å². The summed E-state index contributed by atoms with van der Waals surface area (Å²) in [6, 6.07) is 33.6. The molecule has 8 rings (SSSR count). The molecule has 57 heavy (non-hydrogen) atoms. The third-order valence-electron chi connectivity index (χ3n) is 10.7. The second-order valence-corrected chi connectivity index (χ2v) is 14.5. The number of benzene rings is 5. The average molecular weight is 779 g/mol. The fourth-order valence-corrected chi connectivity index (χ4v) is 8.33. The van der Waals surface area contributed by atoms with E-state index in [0.717, 1.165) is 63.6 Å². The third kappa shape index (κ3) is 8.75. The van der Waals surface area contributed by atoms with E-state index in [0.29, 0.717) is 0 Å². The number of unbranched alkanes of at least 4 members (excludes halogenated alkanes) is 2. The summed E-state index contributed by atoms with van der Waals surface area (Å²) in [5.41, 5.74) is 9.75. The van der Waals surface area contributed by atoms with Crippen molar-refractivity contribution in [2.45, 2.75) is 71.9 Å². The molecule has 10 heteroatoms. The Morgan fingerprint density at radius 3 is 2.12 bits per heavy atom. The minimum absolute atomic E-state index is 0.169. The molecule has 0 radical (unpaired) electrons. The van der Waals surface area contributed by atoms with Crippen LogP contribution in [-0.4, -0.2) is 35.3 Å². The molecule has 1 aromatic heterocycles. The van der Waals surface area contributed by atoms with Gasteiger partial charge in [-0.05, 0) is 89.1 Å². The number of alkyl halides is 2. The van der Waals surface area contributed by atoms with Crippen LogP contribution in [0.25, 0.3) is 44.1 Å². The lowest BCUT2D eigenvalue weighted by molar-refractivity contribution is -0.436. The summed E-state index contributed by atoms with van der Waals surface area (Å²) < 4.78 is 74.9. The molecule has 0 unspecified atom stereocenters. The first-order valence-corrected chi connectivity index (χ1v) is 19.8. The van der Waals surface area contributed by atoms with Gasteiger partial charge in [0.05, 0.1) is 10.9 Å². The Balaban J connectivity index is 0.000000935. The number of ether oxygens (including phenoxy) is 1. The molecule has 0 bridgehead atoms. The van der Waals surface area contributed by atoms with Crippen LogP contribution in [0.3, 0.4) is 0 Å². The van der Waals surface area contributed by atoms with Crippen molar-refractivity contribution in [3.63, 3.8) is 0 Å². The van der Waals surface area contributed by atoms with Gasteiger partial charge in [0.1, 0.15) is 12.3 Å². The van der Waals surface area contributed by atoms with Crippen molar-refractivity contribution in [1.29, 1.82) is 0 Å². The molecule has 3 nitrogen and oxygen atoms in total. The molecule has 0 fully saturated rings. The van der Waals surface area contributed by atoms with Gasteiger partial charge in [0, 0.05) is 46.7 Å². The average Bonchev–Trinajstić information content (AvgIpc) is 3.67. The lowest BCUT2D eigenvalue weighted by atomic mass is 9.82. The van der Waals surface area contributed by atoms with Crippen LogP contribution in [0, 0.1) is 0 Å². The van der Waals surface area contributed by atoms with Crippen molar-refractivity contribution < 1.29 is 35.4 Å². The van der Waals surface area contributed by atoms with Crippen LogP contribution in [0.4, 0.5) is 31.7 Å². The summed E-state index contributed by atoms with van der Waals surface area (Å²) in [6.45, 7) is 3.55. The first kappa shape index (κ1) is 39.7. The Labute approximate surface area is 329 Å². The van der Waals surface area contributed by atoms with Crippen molar-refractivity contribution >= 4 is 62.8 Å². The fourth-order valence-electron chi connectivity index (χ4n) is 8.33. The Bertz CT molecular complexity index is 2560. The summed E-state index contributed by atoms with van der Waals surface area (Å²) in [5.74, 6) is 0.169. The van der Waals surface area contributed by atoms with E-state index < -0.39 is 13.9 Å².